The fraction of sp³-hybridized carbons (Fsp3) is 0.833. The third-order valence-electron chi connectivity index (χ3n) is 1.62. The summed E-state index contributed by atoms with van der Waals surface area (Å²) in [6.07, 6.45) is 2.02. The highest BCUT2D eigenvalue weighted by Gasteiger charge is 2.20. The van der Waals surface area contributed by atoms with Crippen LogP contribution in [-0.2, 0) is 4.79 Å². The molecule has 10 heavy (non-hydrogen) atoms. The Labute approximate surface area is 65.1 Å². The summed E-state index contributed by atoms with van der Waals surface area (Å²) in [5.74, 6) is 0.0208. The van der Waals surface area contributed by atoms with E-state index >= 15 is 0 Å². The SMILES string of the molecule is O=C(NCCl)[C@@H]1CCCN1. The topological polar surface area (TPSA) is 41.1 Å². The third-order valence-corrected chi connectivity index (χ3v) is 1.75. The van der Waals surface area contributed by atoms with Crippen molar-refractivity contribution in [2.45, 2.75) is 18.9 Å². The van der Waals surface area contributed by atoms with E-state index in [9.17, 15) is 4.79 Å². The molecule has 1 aliphatic rings. The average Bonchev–Trinajstić information content (AvgIpc) is 2.38. The number of rotatable bonds is 2. The molecule has 1 amide bonds. The van der Waals surface area contributed by atoms with Gasteiger partial charge in [0.05, 0.1) is 12.0 Å². The van der Waals surface area contributed by atoms with Crippen molar-refractivity contribution >= 4 is 17.5 Å². The summed E-state index contributed by atoms with van der Waals surface area (Å²) in [7, 11) is 0. The summed E-state index contributed by atoms with van der Waals surface area (Å²) in [5.41, 5.74) is 0. The molecule has 1 heterocycles. The van der Waals surface area contributed by atoms with Gasteiger partial charge in [0.2, 0.25) is 5.91 Å². The summed E-state index contributed by atoms with van der Waals surface area (Å²) >= 11 is 5.32. The Morgan fingerprint density at radius 2 is 2.60 bits per heavy atom. The number of alkyl halides is 1. The lowest BCUT2D eigenvalue weighted by atomic mass is 10.2. The molecule has 1 fully saturated rings. The molecule has 1 rings (SSSR count). The highest BCUT2D eigenvalue weighted by Crippen LogP contribution is 2.03. The van der Waals surface area contributed by atoms with Crippen molar-refractivity contribution in [3.63, 3.8) is 0 Å². The van der Waals surface area contributed by atoms with Crippen molar-refractivity contribution in [1.29, 1.82) is 0 Å². The van der Waals surface area contributed by atoms with Crippen molar-refractivity contribution in [1.82, 2.24) is 10.6 Å². The lowest BCUT2D eigenvalue weighted by Gasteiger charge is -2.07. The molecule has 1 saturated heterocycles. The van der Waals surface area contributed by atoms with Crippen LogP contribution in [0.15, 0.2) is 0 Å². The first-order valence-electron chi connectivity index (χ1n) is 3.41. The molecule has 0 aromatic carbocycles. The van der Waals surface area contributed by atoms with E-state index in [4.69, 9.17) is 11.6 Å². The van der Waals surface area contributed by atoms with Gasteiger partial charge in [0.25, 0.3) is 0 Å². The van der Waals surface area contributed by atoms with Gasteiger partial charge in [-0.3, -0.25) is 4.79 Å². The Hall–Kier alpha value is -0.280. The molecular formula is C6H11ClN2O. The number of hydrogen-bond donors (Lipinski definition) is 2. The zero-order valence-electron chi connectivity index (χ0n) is 5.69. The van der Waals surface area contributed by atoms with Crippen molar-refractivity contribution in [3.8, 4) is 0 Å². The summed E-state index contributed by atoms with van der Waals surface area (Å²) in [6.45, 7) is 0.945. The predicted octanol–water partition coefficient (Wildman–Crippen LogP) is 0.0509. The standard InChI is InChI=1S/C6H11ClN2O/c7-4-9-6(10)5-2-1-3-8-5/h5,8H,1-4H2,(H,9,10)/t5-/m0/s1. The van der Waals surface area contributed by atoms with Crippen molar-refractivity contribution < 1.29 is 4.79 Å². The van der Waals surface area contributed by atoms with Crippen molar-refractivity contribution in [2.24, 2.45) is 0 Å². The second-order valence-corrected chi connectivity index (χ2v) is 2.59. The molecule has 2 N–H and O–H groups in total. The molecule has 3 nitrogen and oxygen atoms in total. The second kappa shape index (κ2) is 3.78. The Kier molecular flexibility index (Phi) is 2.96. The van der Waals surface area contributed by atoms with Crippen LogP contribution in [0.4, 0.5) is 0 Å². The van der Waals surface area contributed by atoms with Crippen molar-refractivity contribution in [2.75, 3.05) is 12.5 Å². The van der Waals surface area contributed by atoms with E-state index in [0.29, 0.717) is 0 Å². The highest BCUT2D eigenvalue weighted by molar-refractivity contribution is 6.18. The molecular weight excluding hydrogens is 152 g/mol. The summed E-state index contributed by atoms with van der Waals surface area (Å²) in [4.78, 5) is 11.0. The lowest BCUT2D eigenvalue weighted by molar-refractivity contribution is -0.122. The molecule has 0 unspecified atom stereocenters. The molecule has 0 aromatic rings. The van der Waals surface area contributed by atoms with E-state index in [-0.39, 0.29) is 18.0 Å². The number of halogens is 1. The first-order chi connectivity index (χ1) is 4.84. The van der Waals surface area contributed by atoms with Crippen LogP contribution in [0.25, 0.3) is 0 Å². The maximum atomic E-state index is 11.0. The minimum absolute atomic E-state index is 0.00116. The summed E-state index contributed by atoms with van der Waals surface area (Å²) < 4.78 is 0. The van der Waals surface area contributed by atoms with Crippen LogP contribution in [0.5, 0.6) is 0 Å². The fourth-order valence-electron chi connectivity index (χ4n) is 1.10. The first kappa shape index (κ1) is 7.82. The molecule has 58 valence electrons. The van der Waals surface area contributed by atoms with Gasteiger partial charge in [-0.15, -0.1) is 11.6 Å². The molecule has 4 heteroatoms. The summed E-state index contributed by atoms with van der Waals surface area (Å²) in [5, 5.41) is 5.62. The molecule has 0 bridgehead atoms. The quantitative estimate of drug-likeness (QED) is 0.445. The van der Waals surface area contributed by atoms with E-state index in [1.807, 2.05) is 0 Å². The average molecular weight is 163 g/mol. The predicted molar refractivity (Wildman–Crippen MR) is 39.9 cm³/mol. The van der Waals surface area contributed by atoms with Gasteiger partial charge < -0.3 is 10.6 Å². The number of carbonyl (C=O) groups is 1. The largest absolute Gasteiger partial charge is 0.341 e. The molecule has 0 radical (unpaired) electrons. The molecule has 0 saturated carbocycles. The molecule has 0 aliphatic carbocycles. The Balaban J connectivity index is 2.25. The highest BCUT2D eigenvalue weighted by atomic mass is 35.5. The minimum Gasteiger partial charge on any atom is -0.341 e. The third kappa shape index (κ3) is 1.85. The van der Waals surface area contributed by atoms with E-state index in [2.05, 4.69) is 10.6 Å². The van der Waals surface area contributed by atoms with Crippen LogP contribution >= 0.6 is 11.6 Å². The Bertz CT molecular complexity index is 123. The van der Waals surface area contributed by atoms with Crippen LogP contribution in [0.2, 0.25) is 0 Å². The van der Waals surface area contributed by atoms with Gasteiger partial charge in [0.1, 0.15) is 0 Å². The fourth-order valence-corrected chi connectivity index (χ4v) is 1.23. The molecule has 1 aliphatic heterocycles. The van der Waals surface area contributed by atoms with Crippen LogP contribution < -0.4 is 10.6 Å². The van der Waals surface area contributed by atoms with Gasteiger partial charge in [-0.1, -0.05) is 0 Å². The normalized spacial score (nSPS) is 24.7. The monoisotopic (exact) mass is 162 g/mol. The van der Waals surface area contributed by atoms with Crippen LogP contribution in [-0.4, -0.2) is 24.5 Å². The van der Waals surface area contributed by atoms with E-state index in [1.165, 1.54) is 0 Å². The lowest BCUT2D eigenvalue weighted by Crippen LogP contribution is -2.39. The van der Waals surface area contributed by atoms with E-state index < -0.39 is 0 Å². The number of carbonyl (C=O) groups excluding carboxylic acids is 1. The smallest absolute Gasteiger partial charge is 0.238 e. The number of amides is 1. The maximum Gasteiger partial charge on any atom is 0.238 e. The van der Waals surface area contributed by atoms with Gasteiger partial charge in [-0.2, -0.15) is 0 Å². The second-order valence-electron chi connectivity index (χ2n) is 2.32. The summed E-state index contributed by atoms with van der Waals surface area (Å²) in [6, 6.07) is 0.204. The Morgan fingerprint density at radius 1 is 1.80 bits per heavy atom. The van der Waals surface area contributed by atoms with Crippen molar-refractivity contribution in [3.05, 3.63) is 0 Å². The van der Waals surface area contributed by atoms with Gasteiger partial charge >= 0.3 is 0 Å². The Morgan fingerprint density at radius 3 is 3.10 bits per heavy atom. The zero-order chi connectivity index (χ0) is 7.40. The molecule has 0 aromatic heterocycles. The van der Waals surface area contributed by atoms with Gasteiger partial charge in [0.15, 0.2) is 0 Å². The van der Waals surface area contributed by atoms with E-state index in [1.54, 1.807) is 0 Å². The number of hydrogen-bond acceptors (Lipinski definition) is 2. The van der Waals surface area contributed by atoms with E-state index in [0.717, 1.165) is 19.4 Å². The van der Waals surface area contributed by atoms with Crippen LogP contribution in [0.3, 0.4) is 0 Å². The van der Waals surface area contributed by atoms with Gasteiger partial charge in [-0.05, 0) is 19.4 Å². The first-order valence-corrected chi connectivity index (χ1v) is 3.95. The van der Waals surface area contributed by atoms with Crippen LogP contribution in [0.1, 0.15) is 12.8 Å². The van der Waals surface area contributed by atoms with Crippen LogP contribution in [0, 0.1) is 0 Å². The minimum atomic E-state index is -0.00116. The maximum absolute atomic E-state index is 11.0. The number of nitrogens with one attached hydrogen (secondary N) is 2. The van der Waals surface area contributed by atoms with Gasteiger partial charge in [-0.25, -0.2) is 0 Å². The zero-order valence-corrected chi connectivity index (χ0v) is 6.45. The van der Waals surface area contributed by atoms with Gasteiger partial charge in [0, 0.05) is 0 Å². The molecule has 0 spiro atoms. The molecule has 1 atom stereocenters.